The van der Waals surface area contributed by atoms with Crippen molar-refractivity contribution in [3.05, 3.63) is 56.4 Å². The van der Waals surface area contributed by atoms with Gasteiger partial charge in [-0.15, -0.1) is 11.3 Å². The molecular formula is C20H21N3O4S. The van der Waals surface area contributed by atoms with Crippen molar-refractivity contribution in [3.63, 3.8) is 0 Å². The molecule has 28 heavy (non-hydrogen) atoms. The summed E-state index contributed by atoms with van der Waals surface area (Å²) in [5.74, 6) is -0.794. The van der Waals surface area contributed by atoms with Gasteiger partial charge in [-0.25, -0.2) is 9.78 Å². The number of esters is 1. The first kappa shape index (κ1) is 19.8. The highest BCUT2D eigenvalue weighted by Gasteiger charge is 2.20. The summed E-state index contributed by atoms with van der Waals surface area (Å²) in [6.07, 6.45) is 1.33. The Kier molecular flexibility index (Phi) is 5.60. The monoisotopic (exact) mass is 399 g/mol. The minimum Gasteiger partial charge on any atom is -0.462 e. The molecule has 1 aromatic carbocycles. The summed E-state index contributed by atoms with van der Waals surface area (Å²) >= 11 is 1.12. The van der Waals surface area contributed by atoms with E-state index in [1.54, 1.807) is 13.8 Å². The average Bonchev–Trinajstić information content (AvgIpc) is 2.99. The second-order valence-corrected chi connectivity index (χ2v) is 7.43. The minimum atomic E-state index is -0.471. The minimum absolute atomic E-state index is 0.167. The zero-order chi connectivity index (χ0) is 20.4. The van der Waals surface area contributed by atoms with Gasteiger partial charge in [0, 0.05) is 5.69 Å². The van der Waals surface area contributed by atoms with Crippen LogP contribution in [0.2, 0.25) is 0 Å². The number of ether oxygens (including phenoxy) is 1. The molecule has 0 bridgehead atoms. The summed E-state index contributed by atoms with van der Waals surface area (Å²) in [7, 11) is 0. The zero-order valence-electron chi connectivity index (χ0n) is 16.2. The number of amides is 1. The first-order valence-corrected chi connectivity index (χ1v) is 9.66. The summed E-state index contributed by atoms with van der Waals surface area (Å²) in [6, 6.07) is 5.65. The van der Waals surface area contributed by atoms with E-state index in [0.717, 1.165) is 22.5 Å². The van der Waals surface area contributed by atoms with Crippen LogP contribution < -0.4 is 10.9 Å². The first-order chi connectivity index (χ1) is 13.3. The van der Waals surface area contributed by atoms with E-state index in [9.17, 15) is 14.4 Å². The molecule has 7 nitrogen and oxygen atoms in total. The second-order valence-electron chi connectivity index (χ2n) is 6.43. The normalized spacial score (nSPS) is 10.9. The number of thiophene rings is 1. The fourth-order valence-electron chi connectivity index (χ4n) is 2.89. The Labute approximate surface area is 166 Å². The van der Waals surface area contributed by atoms with Gasteiger partial charge in [0.2, 0.25) is 5.91 Å². The molecule has 2 aromatic heterocycles. The van der Waals surface area contributed by atoms with Crippen molar-refractivity contribution in [2.24, 2.45) is 0 Å². The molecular weight excluding hydrogens is 378 g/mol. The molecule has 1 amide bonds. The number of anilines is 1. The molecule has 0 fully saturated rings. The molecule has 8 heteroatoms. The van der Waals surface area contributed by atoms with Gasteiger partial charge in [0.15, 0.2) is 0 Å². The summed E-state index contributed by atoms with van der Waals surface area (Å²) in [5, 5.41) is 3.17. The molecule has 0 aliphatic rings. The molecule has 3 aromatic rings. The number of aromatic nitrogens is 2. The lowest BCUT2D eigenvalue weighted by Gasteiger charge is -2.11. The Bertz CT molecular complexity index is 1130. The molecule has 0 spiro atoms. The molecule has 3 rings (SSSR count). The lowest BCUT2D eigenvalue weighted by atomic mass is 10.1. The van der Waals surface area contributed by atoms with E-state index in [1.807, 2.05) is 32.0 Å². The molecule has 0 saturated carbocycles. The highest BCUT2D eigenvalue weighted by molar-refractivity contribution is 7.20. The topological polar surface area (TPSA) is 90.3 Å². The third kappa shape index (κ3) is 3.68. The number of carbonyl (C=O) groups excluding carboxylic acids is 2. The van der Waals surface area contributed by atoms with Crippen LogP contribution in [0.1, 0.15) is 33.3 Å². The molecule has 1 N–H and O–H groups in total. The Morgan fingerprint density at radius 1 is 1.21 bits per heavy atom. The third-order valence-electron chi connectivity index (χ3n) is 4.57. The van der Waals surface area contributed by atoms with Crippen LogP contribution in [0.5, 0.6) is 0 Å². The van der Waals surface area contributed by atoms with E-state index >= 15 is 0 Å². The predicted molar refractivity (Wildman–Crippen MR) is 109 cm³/mol. The van der Waals surface area contributed by atoms with Crippen LogP contribution in [0, 0.1) is 20.8 Å². The van der Waals surface area contributed by atoms with E-state index in [-0.39, 0.29) is 24.6 Å². The maximum atomic E-state index is 12.8. The lowest BCUT2D eigenvalue weighted by molar-refractivity contribution is -0.116. The van der Waals surface area contributed by atoms with Crippen LogP contribution in [0.3, 0.4) is 0 Å². The van der Waals surface area contributed by atoms with Crippen LogP contribution in [0.15, 0.2) is 29.3 Å². The van der Waals surface area contributed by atoms with E-state index < -0.39 is 5.97 Å². The van der Waals surface area contributed by atoms with Gasteiger partial charge in [0.1, 0.15) is 16.3 Å². The highest BCUT2D eigenvalue weighted by Crippen LogP contribution is 2.27. The summed E-state index contributed by atoms with van der Waals surface area (Å²) in [6.45, 7) is 7.39. The van der Waals surface area contributed by atoms with Gasteiger partial charge in [0.25, 0.3) is 5.56 Å². The van der Waals surface area contributed by atoms with Gasteiger partial charge in [-0.05, 0) is 50.5 Å². The Morgan fingerprint density at radius 3 is 2.68 bits per heavy atom. The summed E-state index contributed by atoms with van der Waals surface area (Å²) in [5.41, 5.74) is 2.93. The first-order valence-electron chi connectivity index (χ1n) is 8.85. The Hall–Kier alpha value is -3.00. The van der Waals surface area contributed by atoms with E-state index in [4.69, 9.17) is 4.74 Å². The van der Waals surface area contributed by atoms with Gasteiger partial charge in [-0.1, -0.05) is 12.1 Å². The number of nitrogens with zero attached hydrogens (tertiary/aromatic N) is 2. The van der Waals surface area contributed by atoms with Crippen molar-refractivity contribution >= 4 is 39.1 Å². The van der Waals surface area contributed by atoms with Crippen molar-refractivity contribution in [3.8, 4) is 0 Å². The molecule has 0 saturated heterocycles. The van der Waals surface area contributed by atoms with E-state index in [1.165, 1.54) is 10.9 Å². The van der Waals surface area contributed by atoms with Gasteiger partial charge in [-0.2, -0.15) is 0 Å². The largest absolute Gasteiger partial charge is 0.462 e. The summed E-state index contributed by atoms with van der Waals surface area (Å²) < 4.78 is 6.28. The van der Waals surface area contributed by atoms with Gasteiger partial charge >= 0.3 is 5.97 Å². The van der Waals surface area contributed by atoms with Crippen LogP contribution in [-0.4, -0.2) is 28.0 Å². The van der Waals surface area contributed by atoms with Crippen LogP contribution in [-0.2, 0) is 16.1 Å². The molecule has 0 radical (unpaired) electrons. The van der Waals surface area contributed by atoms with Crippen molar-refractivity contribution in [2.75, 3.05) is 11.9 Å². The number of nitrogens with one attached hydrogen (secondary N) is 1. The molecule has 2 heterocycles. The van der Waals surface area contributed by atoms with E-state index in [2.05, 4.69) is 10.3 Å². The molecule has 0 atom stereocenters. The molecule has 0 aliphatic heterocycles. The van der Waals surface area contributed by atoms with Crippen molar-refractivity contribution in [2.45, 2.75) is 34.2 Å². The van der Waals surface area contributed by atoms with Crippen molar-refractivity contribution < 1.29 is 14.3 Å². The number of hydrogen-bond donors (Lipinski definition) is 1. The van der Waals surface area contributed by atoms with Crippen LogP contribution >= 0.6 is 11.3 Å². The SMILES string of the molecule is CCOC(=O)c1sc2ncn(CC(=O)Nc3cccc(C)c3C)c(=O)c2c1C. The van der Waals surface area contributed by atoms with E-state index in [0.29, 0.717) is 26.3 Å². The summed E-state index contributed by atoms with van der Waals surface area (Å²) in [4.78, 5) is 42.4. The quantitative estimate of drug-likeness (QED) is 0.666. The predicted octanol–water partition coefficient (Wildman–Crippen LogP) is 3.20. The fraction of sp³-hybridized carbons (Fsp3) is 0.300. The lowest BCUT2D eigenvalue weighted by Crippen LogP contribution is -2.28. The van der Waals surface area contributed by atoms with Gasteiger partial charge in [0.05, 0.1) is 18.3 Å². The second kappa shape index (κ2) is 7.93. The Morgan fingerprint density at radius 2 is 1.96 bits per heavy atom. The maximum Gasteiger partial charge on any atom is 0.348 e. The molecule has 0 unspecified atom stereocenters. The fourth-order valence-corrected chi connectivity index (χ4v) is 3.93. The highest BCUT2D eigenvalue weighted by atomic mass is 32.1. The standard InChI is InChI=1S/C20H21N3O4S/c1-5-27-20(26)17-13(4)16-18(28-17)21-10-23(19(16)25)9-15(24)22-14-8-6-7-11(2)12(14)3/h6-8,10H,5,9H2,1-4H3,(H,22,24). The Balaban J connectivity index is 1.89. The number of carbonyl (C=O) groups is 2. The number of benzene rings is 1. The molecule has 146 valence electrons. The van der Waals surface area contributed by atoms with Crippen molar-refractivity contribution in [1.82, 2.24) is 9.55 Å². The number of fused-ring (bicyclic) bond motifs is 1. The zero-order valence-corrected chi connectivity index (χ0v) is 17.0. The maximum absolute atomic E-state index is 12.8. The number of rotatable bonds is 5. The number of aryl methyl sites for hydroxylation is 2. The molecule has 0 aliphatic carbocycles. The van der Waals surface area contributed by atoms with Crippen LogP contribution in [0.4, 0.5) is 5.69 Å². The van der Waals surface area contributed by atoms with Gasteiger partial charge in [-0.3, -0.25) is 14.2 Å². The smallest absolute Gasteiger partial charge is 0.348 e. The number of hydrogen-bond acceptors (Lipinski definition) is 6. The van der Waals surface area contributed by atoms with Gasteiger partial charge < -0.3 is 10.1 Å². The van der Waals surface area contributed by atoms with Crippen LogP contribution in [0.25, 0.3) is 10.2 Å². The van der Waals surface area contributed by atoms with Crippen molar-refractivity contribution in [1.29, 1.82) is 0 Å². The third-order valence-corrected chi connectivity index (χ3v) is 5.75. The average molecular weight is 399 g/mol.